The van der Waals surface area contributed by atoms with Crippen LogP contribution in [0.2, 0.25) is 51.9 Å². The molecule has 10 heteroatoms. The van der Waals surface area contributed by atoms with Gasteiger partial charge in [-0.1, -0.05) is 58.3 Å². The van der Waals surface area contributed by atoms with Crippen molar-refractivity contribution in [3.8, 4) is 0 Å². The molecule has 0 saturated carbocycles. The average molecular weight is 622 g/mol. The van der Waals surface area contributed by atoms with Crippen LogP contribution in [0.3, 0.4) is 0 Å². The topological polar surface area (TPSA) is 68.2 Å². The molecule has 0 bridgehead atoms. The van der Waals surface area contributed by atoms with Gasteiger partial charge in [0.2, 0.25) is 5.91 Å². The second-order valence-electron chi connectivity index (χ2n) is 14.5. The lowest BCUT2D eigenvalue weighted by Crippen LogP contribution is -2.51. The van der Waals surface area contributed by atoms with Crippen molar-refractivity contribution in [3.63, 3.8) is 0 Å². The highest BCUT2D eigenvalue weighted by molar-refractivity contribution is 6.87. The quantitative estimate of drug-likeness (QED) is 0.0676. The van der Waals surface area contributed by atoms with Crippen molar-refractivity contribution in [2.24, 2.45) is 0 Å². The summed E-state index contributed by atoms with van der Waals surface area (Å²) in [5.74, 6) is 0.236. The Hall–Kier alpha value is -0.0794. The Morgan fingerprint density at radius 3 is 1.95 bits per heavy atom. The van der Waals surface area contributed by atoms with E-state index in [2.05, 4.69) is 66.8 Å². The van der Waals surface area contributed by atoms with Gasteiger partial charge in [-0.25, -0.2) is 0 Å². The molecule has 0 radical (unpaired) electrons. The van der Waals surface area contributed by atoms with Gasteiger partial charge in [-0.05, 0) is 64.7 Å². The standard InChI is InChI=1S/C30H69N2O5Si3/c1-12-13-14-15-16-17-18-19-20-22-30(34)31(2)23-24-32(3,4)27-29(33)28-35-25-21-26-39(8,9)37-40(10,11)36-38(5,6)7/h29,33H,12-28H2,1-11H3/q+1. The molecule has 1 unspecified atom stereocenters. The minimum Gasteiger partial charge on any atom is -0.437 e. The minimum absolute atomic E-state index is 0.236. The number of carbonyl (C=O) groups is 1. The van der Waals surface area contributed by atoms with E-state index in [9.17, 15) is 9.90 Å². The molecule has 0 aliphatic heterocycles. The number of likely N-dealkylation sites (N-methyl/N-ethyl adjacent to an activating group) is 2. The Bertz CT molecular complexity index is 672. The highest BCUT2D eigenvalue weighted by Gasteiger charge is 2.37. The van der Waals surface area contributed by atoms with Crippen molar-refractivity contribution >= 4 is 31.1 Å². The summed E-state index contributed by atoms with van der Waals surface area (Å²) in [6.07, 6.45) is 12.5. The number of amides is 1. The first-order valence-electron chi connectivity index (χ1n) is 16.1. The monoisotopic (exact) mass is 621 g/mol. The molecule has 240 valence electrons. The fourth-order valence-electron chi connectivity index (χ4n) is 5.33. The molecule has 0 spiro atoms. The van der Waals surface area contributed by atoms with E-state index in [0.717, 1.165) is 31.9 Å². The molecule has 0 aliphatic carbocycles. The lowest BCUT2D eigenvalue weighted by Gasteiger charge is -2.37. The number of aliphatic hydroxyl groups is 1. The van der Waals surface area contributed by atoms with Crippen LogP contribution in [0.4, 0.5) is 0 Å². The minimum atomic E-state index is -2.11. The number of unbranched alkanes of at least 4 members (excludes halogenated alkanes) is 8. The third-order valence-corrected chi connectivity index (χ3v) is 17.3. The van der Waals surface area contributed by atoms with Gasteiger partial charge in [0.1, 0.15) is 12.6 Å². The molecule has 40 heavy (non-hydrogen) atoms. The maximum atomic E-state index is 12.5. The number of ether oxygens (including phenoxy) is 1. The van der Waals surface area contributed by atoms with E-state index in [-0.39, 0.29) is 5.91 Å². The molecule has 0 aliphatic rings. The zero-order valence-electron chi connectivity index (χ0n) is 28.6. The molecule has 0 rings (SSSR count). The number of carbonyl (C=O) groups excluding carboxylic acids is 1. The molecule has 1 atom stereocenters. The summed E-state index contributed by atoms with van der Waals surface area (Å²) in [5.41, 5.74) is 0. The molecule has 0 aromatic carbocycles. The summed E-state index contributed by atoms with van der Waals surface area (Å²) < 4.78 is 19.4. The van der Waals surface area contributed by atoms with E-state index in [1.54, 1.807) is 0 Å². The van der Waals surface area contributed by atoms with E-state index in [0.29, 0.717) is 37.2 Å². The van der Waals surface area contributed by atoms with Crippen molar-refractivity contribution in [1.82, 2.24) is 4.90 Å². The third kappa shape index (κ3) is 23.5. The van der Waals surface area contributed by atoms with Crippen molar-refractivity contribution in [2.75, 3.05) is 54.0 Å². The fraction of sp³-hybridized carbons (Fsp3) is 0.967. The maximum absolute atomic E-state index is 12.5. The van der Waals surface area contributed by atoms with Crippen molar-refractivity contribution in [2.45, 2.75) is 136 Å². The normalized spacial score (nSPS) is 14.0. The maximum Gasteiger partial charge on any atom is 0.311 e. The lowest BCUT2D eigenvalue weighted by atomic mass is 10.1. The van der Waals surface area contributed by atoms with Gasteiger partial charge in [-0.2, -0.15) is 0 Å². The number of quaternary nitrogens is 1. The van der Waals surface area contributed by atoms with Gasteiger partial charge in [-0.3, -0.25) is 4.79 Å². The van der Waals surface area contributed by atoms with Crippen LogP contribution >= 0.6 is 0 Å². The van der Waals surface area contributed by atoms with Gasteiger partial charge in [0.05, 0.1) is 33.8 Å². The largest absolute Gasteiger partial charge is 0.437 e. The highest BCUT2D eigenvalue weighted by atomic mass is 28.5. The molecule has 0 saturated heterocycles. The Balaban J connectivity index is 4.10. The number of aliphatic hydroxyl groups excluding tert-OH is 1. The van der Waals surface area contributed by atoms with Gasteiger partial charge in [0.25, 0.3) is 0 Å². The number of nitrogens with zero attached hydrogens (tertiary/aromatic N) is 2. The van der Waals surface area contributed by atoms with Crippen molar-refractivity contribution in [3.05, 3.63) is 0 Å². The summed E-state index contributed by atoms with van der Waals surface area (Å²) in [6, 6.07) is 1.02. The number of hydrogen-bond acceptors (Lipinski definition) is 5. The molecule has 1 N–H and O–H groups in total. The zero-order valence-corrected chi connectivity index (χ0v) is 31.6. The SMILES string of the molecule is CCCCCCCCCCCC(=O)N(C)CC[N+](C)(C)CC(O)COCCC[Si](C)(C)O[Si](C)(C)O[Si](C)(C)C. The van der Waals surface area contributed by atoms with Crippen LogP contribution in [0.5, 0.6) is 0 Å². The zero-order chi connectivity index (χ0) is 30.9. The summed E-state index contributed by atoms with van der Waals surface area (Å²) in [5, 5.41) is 10.6. The first kappa shape index (κ1) is 39.9. The first-order valence-corrected chi connectivity index (χ1v) is 25.4. The Labute approximate surface area is 252 Å². The Morgan fingerprint density at radius 2 is 1.40 bits per heavy atom. The van der Waals surface area contributed by atoms with Crippen LogP contribution in [0.15, 0.2) is 0 Å². The molecule has 0 aromatic heterocycles. The van der Waals surface area contributed by atoms with Gasteiger partial charge in [-0.15, -0.1) is 0 Å². The first-order chi connectivity index (χ1) is 18.4. The van der Waals surface area contributed by atoms with Crippen LogP contribution < -0.4 is 0 Å². The molecule has 0 fully saturated rings. The number of hydrogen-bond donors (Lipinski definition) is 1. The average Bonchev–Trinajstić information content (AvgIpc) is 2.78. The second-order valence-corrected chi connectivity index (χ2v) is 27.2. The van der Waals surface area contributed by atoms with Crippen molar-refractivity contribution < 1.29 is 27.4 Å². The number of rotatable bonds is 25. The van der Waals surface area contributed by atoms with Crippen LogP contribution in [0, 0.1) is 0 Å². The van der Waals surface area contributed by atoms with Gasteiger partial charge < -0.3 is 27.5 Å². The summed E-state index contributed by atoms with van der Waals surface area (Å²) in [6.45, 7) is 20.9. The van der Waals surface area contributed by atoms with E-state index in [1.807, 2.05) is 11.9 Å². The fourth-order valence-corrected chi connectivity index (χ4v) is 18.5. The molecule has 7 nitrogen and oxygen atoms in total. The molecular weight excluding hydrogens is 553 g/mol. The van der Waals surface area contributed by atoms with Gasteiger partial charge in [0, 0.05) is 20.1 Å². The van der Waals surface area contributed by atoms with Crippen molar-refractivity contribution in [1.29, 1.82) is 0 Å². The third-order valence-electron chi connectivity index (χ3n) is 7.12. The molecule has 1 amide bonds. The lowest BCUT2D eigenvalue weighted by molar-refractivity contribution is -0.892. The smallest absolute Gasteiger partial charge is 0.311 e. The molecule has 0 heterocycles. The highest BCUT2D eigenvalue weighted by Crippen LogP contribution is 2.23. The van der Waals surface area contributed by atoms with E-state index in [1.165, 1.54) is 44.9 Å². The summed E-state index contributed by atoms with van der Waals surface area (Å²) >= 11 is 0. The van der Waals surface area contributed by atoms with Crippen LogP contribution in [-0.2, 0) is 17.8 Å². The van der Waals surface area contributed by atoms with Gasteiger partial charge >= 0.3 is 8.56 Å². The second kappa shape index (κ2) is 20.0. The van der Waals surface area contributed by atoms with Crippen LogP contribution in [0.25, 0.3) is 0 Å². The van der Waals surface area contributed by atoms with E-state index < -0.39 is 31.3 Å². The Kier molecular flexibility index (Phi) is 19.9. The molecule has 0 aromatic rings. The van der Waals surface area contributed by atoms with Crippen LogP contribution in [0.1, 0.15) is 77.6 Å². The summed E-state index contributed by atoms with van der Waals surface area (Å²) in [4.78, 5) is 14.4. The Morgan fingerprint density at radius 1 is 0.850 bits per heavy atom. The van der Waals surface area contributed by atoms with Crippen LogP contribution in [-0.4, -0.2) is 106 Å². The summed E-state index contributed by atoms with van der Waals surface area (Å²) in [7, 11) is 0.581. The molecular formula is C30H69N2O5Si3+. The van der Waals surface area contributed by atoms with E-state index >= 15 is 0 Å². The van der Waals surface area contributed by atoms with Gasteiger partial charge in [0.15, 0.2) is 16.6 Å². The predicted octanol–water partition coefficient (Wildman–Crippen LogP) is 6.98. The van der Waals surface area contributed by atoms with E-state index in [4.69, 9.17) is 13.0 Å². The predicted molar refractivity (Wildman–Crippen MR) is 178 cm³/mol.